The van der Waals surface area contributed by atoms with Crippen LogP contribution in [0.4, 0.5) is 10.1 Å². The van der Waals surface area contributed by atoms with Gasteiger partial charge in [0, 0.05) is 10.0 Å². The van der Waals surface area contributed by atoms with E-state index in [9.17, 15) is 9.18 Å². The molecule has 1 N–H and O–H groups in total. The minimum atomic E-state index is -0.498. The normalized spacial score (nSPS) is 10.2. The zero-order valence-corrected chi connectivity index (χ0v) is 14.1. The molecule has 0 aromatic heterocycles. The average Bonchev–Trinajstić information content (AvgIpc) is 2.59. The van der Waals surface area contributed by atoms with Crippen LogP contribution in [0.3, 0.4) is 0 Å². The third kappa shape index (κ3) is 4.00. The van der Waals surface area contributed by atoms with Gasteiger partial charge in [-0.3, -0.25) is 4.79 Å². The topological polar surface area (TPSA) is 38.3 Å². The summed E-state index contributed by atoms with van der Waals surface area (Å²) in [6.45, 7) is 0. The Balaban J connectivity index is 1.69. The van der Waals surface area contributed by atoms with Gasteiger partial charge < -0.3 is 10.1 Å². The fourth-order valence-corrected chi connectivity index (χ4v) is 2.42. The Labute approximate surface area is 147 Å². The van der Waals surface area contributed by atoms with Crippen molar-refractivity contribution in [2.45, 2.75) is 0 Å². The maximum atomic E-state index is 13.8. The Morgan fingerprint density at radius 1 is 0.917 bits per heavy atom. The Hall–Kier alpha value is -2.66. The zero-order chi connectivity index (χ0) is 16.9. The number of nitrogens with one attached hydrogen (secondary N) is 1. The van der Waals surface area contributed by atoms with Crippen LogP contribution < -0.4 is 10.1 Å². The largest absolute Gasteiger partial charge is 0.457 e. The van der Waals surface area contributed by atoms with Gasteiger partial charge in [0.25, 0.3) is 5.91 Å². The fraction of sp³-hybridized carbons (Fsp3) is 0. The lowest BCUT2D eigenvalue weighted by Gasteiger charge is -2.08. The van der Waals surface area contributed by atoms with E-state index in [-0.39, 0.29) is 11.6 Å². The Morgan fingerprint density at radius 2 is 1.58 bits per heavy atom. The summed E-state index contributed by atoms with van der Waals surface area (Å²) in [5, 5.41) is 2.55. The summed E-state index contributed by atoms with van der Waals surface area (Å²) in [5.74, 6) is 0.448. The second-order valence-electron chi connectivity index (χ2n) is 5.02. The zero-order valence-electron chi connectivity index (χ0n) is 12.5. The lowest BCUT2D eigenvalue weighted by atomic mass is 10.2. The standard InChI is InChI=1S/C19H13BrFNO2/c20-14-8-11-18(17(21)12-14)22-19(23)13-6-9-16(10-7-13)24-15-4-2-1-3-5-15/h1-12H,(H,22,23). The molecule has 0 atom stereocenters. The van der Waals surface area contributed by atoms with E-state index < -0.39 is 5.82 Å². The van der Waals surface area contributed by atoms with Crippen molar-refractivity contribution < 1.29 is 13.9 Å². The van der Waals surface area contributed by atoms with E-state index in [1.165, 1.54) is 12.1 Å². The van der Waals surface area contributed by atoms with E-state index in [0.717, 1.165) is 0 Å². The Bertz CT molecular complexity index is 851. The molecule has 0 spiro atoms. The number of hydrogen-bond acceptors (Lipinski definition) is 2. The highest BCUT2D eigenvalue weighted by Crippen LogP contribution is 2.23. The van der Waals surface area contributed by atoms with Crippen molar-refractivity contribution in [3.63, 3.8) is 0 Å². The van der Waals surface area contributed by atoms with Crippen LogP contribution in [-0.4, -0.2) is 5.91 Å². The molecule has 0 bridgehead atoms. The van der Waals surface area contributed by atoms with Gasteiger partial charge in [0.15, 0.2) is 0 Å². The van der Waals surface area contributed by atoms with Crippen molar-refractivity contribution in [2.24, 2.45) is 0 Å². The molecular formula is C19H13BrFNO2. The lowest BCUT2D eigenvalue weighted by molar-refractivity contribution is 0.102. The van der Waals surface area contributed by atoms with Crippen LogP contribution in [0, 0.1) is 5.82 Å². The van der Waals surface area contributed by atoms with E-state index in [1.807, 2.05) is 30.3 Å². The van der Waals surface area contributed by atoms with Gasteiger partial charge in [0.05, 0.1) is 5.69 Å². The number of para-hydroxylation sites is 1. The summed E-state index contributed by atoms with van der Waals surface area (Å²) < 4.78 is 20.0. The van der Waals surface area contributed by atoms with Crippen molar-refractivity contribution in [1.29, 1.82) is 0 Å². The molecule has 24 heavy (non-hydrogen) atoms. The third-order valence-corrected chi connectivity index (χ3v) is 3.77. The van der Waals surface area contributed by atoms with E-state index in [2.05, 4.69) is 21.2 Å². The second kappa shape index (κ2) is 7.27. The van der Waals surface area contributed by atoms with Crippen LogP contribution >= 0.6 is 15.9 Å². The number of hydrogen-bond donors (Lipinski definition) is 1. The Kier molecular flexibility index (Phi) is 4.91. The first-order chi connectivity index (χ1) is 11.6. The number of carbonyl (C=O) groups is 1. The van der Waals surface area contributed by atoms with Crippen LogP contribution in [0.15, 0.2) is 77.3 Å². The molecule has 3 aromatic carbocycles. The second-order valence-corrected chi connectivity index (χ2v) is 5.93. The molecule has 3 nitrogen and oxygen atoms in total. The van der Waals surface area contributed by atoms with Crippen LogP contribution in [0.25, 0.3) is 0 Å². The summed E-state index contributed by atoms with van der Waals surface area (Å²) in [6.07, 6.45) is 0. The van der Waals surface area contributed by atoms with Gasteiger partial charge in [-0.2, -0.15) is 0 Å². The summed E-state index contributed by atoms with van der Waals surface area (Å²) in [4.78, 5) is 12.2. The van der Waals surface area contributed by atoms with E-state index in [1.54, 1.807) is 30.3 Å². The van der Waals surface area contributed by atoms with Crippen LogP contribution in [-0.2, 0) is 0 Å². The molecular weight excluding hydrogens is 373 g/mol. The molecule has 0 aliphatic carbocycles. The molecule has 0 fully saturated rings. The Morgan fingerprint density at radius 3 is 2.25 bits per heavy atom. The van der Waals surface area contributed by atoms with Gasteiger partial charge >= 0.3 is 0 Å². The van der Waals surface area contributed by atoms with E-state index in [0.29, 0.717) is 21.5 Å². The highest BCUT2D eigenvalue weighted by Gasteiger charge is 2.10. The molecule has 0 saturated carbocycles. The molecule has 0 aliphatic heterocycles. The maximum Gasteiger partial charge on any atom is 0.255 e. The van der Waals surface area contributed by atoms with Crippen molar-refractivity contribution in [1.82, 2.24) is 0 Å². The predicted molar refractivity (Wildman–Crippen MR) is 95.0 cm³/mol. The molecule has 0 radical (unpaired) electrons. The monoisotopic (exact) mass is 385 g/mol. The first-order valence-corrected chi connectivity index (χ1v) is 8.00. The molecule has 3 rings (SSSR count). The van der Waals surface area contributed by atoms with Gasteiger partial charge in [-0.15, -0.1) is 0 Å². The lowest BCUT2D eigenvalue weighted by Crippen LogP contribution is -2.12. The fourth-order valence-electron chi connectivity index (χ4n) is 2.08. The minimum absolute atomic E-state index is 0.132. The first kappa shape index (κ1) is 16.2. The SMILES string of the molecule is O=C(Nc1ccc(Br)cc1F)c1ccc(Oc2ccccc2)cc1. The minimum Gasteiger partial charge on any atom is -0.457 e. The summed E-state index contributed by atoms with van der Waals surface area (Å²) in [5.41, 5.74) is 0.547. The predicted octanol–water partition coefficient (Wildman–Crippen LogP) is 5.63. The molecule has 0 aliphatic rings. The number of carbonyl (C=O) groups excluding carboxylic acids is 1. The highest BCUT2D eigenvalue weighted by molar-refractivity contribution is 9.10. The van der Waals surface area contributed by atoms with Crippen molar-refractivity contribution in [3.8, 4) is 11.5 Å². The number of ether oxygens (including phenoxy) is 1. The number of amides is 1. The summed E-state index contributed by atoms with van der Waals surface area (Å²) in [7, 11) is 0. The summed E-state index contributed by atoms with van der Waals surface area (Å²) >= 11 is 3.18. The highest BCUT2D eigenvalue weighted by atomic mass is 79.9. The molecule has 0 heterocycles. The first-order valence-electron chi connectivity index (χ1n) is 7.21. The van der Waals surface area contributed by atoms with Crippen LogP contribution in [0.2, 0.25) is 0 Å². The number of anilines is 1. The van der Waals surface area contributed by atoms with Gasteiger partial charge in [-0.1, -0.05) is 34.1 Å². The van der Waals surface area contributed by atoms with Crippen molar-refractivity contribution in [3.05, 3.63) is 88.6 Å². The van der Waals surface area contributed by atoms with Gasteiger partial charge in [0.2, 0.25) is 0 Å². The molecule has 3 aromatic rings. The number of halogens is 2. The van der Waals surface area contributed by atoms with Gasteiger partial charge in [0.1, 0.15) is 17.3 Å². The van der Waals surface area contributed by atoms with Gasteiger partial charge in [-0.05, 0) is 54.6 Å². The maximum absolute atomic E-state index is 13.8. The number of rotatable bonds is 4. The molecule has 0 unspecified atom stereocenters. The summed E-state index contributed by atoms with van der Waals surface area (Å²) in [6, 6.07) is 20.5. The van der Waals surface area contributed by atoms with E-state index in [4.69, 9.17) is 4.74 Å². The van der Waals surface area contributed by atoms with Crippen molar-refractivity contribution in [2.75, 3.05) is 5.32 Å². The van der Waals surface area contributed by atoms with Crippen molar-refractivity contribution >= 4 is 27.5 Å². The molecule has 5 heteroatoms. The molecule has 1 amide bonds. The molecule has 120 valence electrons. The smallest absolute Gasteiger partial charge is 0.255 e. The van der Waals surface area contributed by atoms with E-state index >= 15 is 0 Å². The number of benzene rings is 3. The molecule has 0 saturated heterocycles. The average molecular weight is 386 g/mol. The van der Waals surface area contributed by atoms with Gasteiger partial charge in [-0.25, -0.2) is 4.39 Å². The third-order valence-electron chi connectivity index (χ3n) is 3.27. The van der Waals surface area contributed by atoms with Crippen LogP contribution in [0.1, 0.15) is 10.4 Å². The quantitative estimate of drug-likeness (QED) is 0.631. The van der Waals surface area contributed by atoms with Crippen LogP contribution in [0.5, 0.6) is 11.5 Å².